The molecule has 1 aromatic carbocycles. The Balaban J connectivity index is 2.30. The minimum absolute atomic E-state index is 0.0359. The fourth-order valence-corrected chi connectivity index (χ4v) is 2.65. The number of hydrogen-bond acceptors (Lipinski definition) is 3. The summed E-state index contributed by atoms with van der Waals surface area (Å²) in [4.78, 5) is 6.63. The minimum Gasteiger partial charge on any atom is -0.332 e. The van der Waals surface area contributed by atoms with Crippen LogP contribution in [0.1, 0.15) is 18.3 Å². The predicted molar refractivity (Wildman–Crippen MR) is 69.9 cm³/mol. The third-order valence-electron chi connectivity index (χ3n) is 2.52. The number of aromatic nitrogens is 2. The molecule has 0 radical (unpaired) electrons. The molecule has 2 N–H and O–H groups in total. The van der Waals surface area contributed by atoms with Gasteiger partial charge in [0.25, 0.3) is 10.0 Å². The fraction of sp³-hybridized carbons (Fsp3) is 0.250. The number of hydrogen-bond donors (Lipinski definition) is 2. The zero-order valence-electron chi connectivity index (χ0n) is 10.6. The molecule has 0 aliphatic heterocycles. The van der Waals surface area contributed by atoms with Gasteiger partial charge >= 0.3 is 0 Å². The molecule has 7 heteroatoms. The van der Waals surface area contributed by atoms with Crippen molar-refractivity contribution in [3.8, 4) is 0 Å². The Bertz CT molecular complexity index is 675. The Morgan fingerprint density at radius 1 is 1.37 bits per heavy atom. The van der Waals surface area contributed by atoms with Gasteiger partial charge in [0.15, 0.2) is 5.03 Å². The van der Waals surface area contributed by atoms with Gasteiger partial charge in [-0.3, -0.25) is 4.72 Å². The van der Waals surface area contributed by atoms with E-state index >= 15 is 0 Å². The molecule has 0 amide bonds. The number of sulfonamides is 1. The van der Waals surface area contributed by atoms with E-state index in [9.17, 15) is 12.8 Å². The lowest BCUT2D eigenvalue weighted by Crippen LogP contribution is -2.13. The van der Waals surface area contributed by atoms with Crippen LogP contribution in [0.3, 0.4) is 0 Å². The summed E-state index contributed by atoms with van der Waals surface area (Å²) in [6.45, 7) is 3.55. The van der Waals surface area contributed by atoms with Crippen LogP contribution in [-0.4, -0.2) is 18.4 Å². The molecular weight excluding hydrogens is 269 g/mol. The number of nitrogens with one attached hydrogen (secondary N) is 2. The number of imidazole rings is 1. The molecular formula is C12H14FN3O2S. The van der Waals surface area contributed by atoms with E-state index in [0.29, 0.717) is 17.8 Å². The van der Waals surface area contributed by atoms with E-state index in [2.05, 4.69) is 14.7 Å². The molecule has 0 saturated carbocycles. The molecule has 0 fully saturated rings. The summed E-state index contributed by atoms with van der Waals surface area (Å²) < 4.78 is 39.6. The van der Waals surface area contributed by atoms with Gasteiger partial charge in [-0.05, 0) is 30.7 Å². The molecule has 0 aliphatic carbocycles. The summed E-state index contributed by atoms with van der Waals surface area (Å²) in [5.41, 5.74) is 0.821. The molecule has 0 unspecified atom stereocenters. The van der Waals surface area contributed by atoms with Crippen molar-refractivity contribution in [3.63, 3.8) is 0 Å². The second kappa shape index (κ2) is 5.00. The van der Waals surface area contributed by atoms with Crippen molar-refractivity contribution in [2.45, 2.75) is 25.3 Å². The van der Waals surface area contributed by atoms with E-state index in [1.54, 1.807) is 13.0 Å². The molecule has 2 aromatic rings. The van der Waals surface area contributed by atoms with E-state index in [1.807, 2.05) is 6.92 Å². The van der Waals surface area contributed by atoms with Gasteiger partial charge < -0.3 is 4.98 Å². The van der Waals surface area contributed by atoms with Gasteiger partial charge in [0.1, 0.15) is 11.6 Å². The quantitative estimate of drug-likeness (QED) is 0.903. The fourth-order valence-electron chi connectivity index (χ4n) is 1.66. The van der Waals surface area contributed by atoms with Crippen molar-refractivity contribution in [3.05, 3.63) is 41.6 Å². The molecule has 19 heavy (non-hydrogen) atoms. The number of aryl methyl sites for hydroxylation is 2. The number of anilines is 1. The van der Waals surface area contributed by atoms with Gasteiger partial charge in [0.05, 0.1) is 11.9 Å². The zero-order valence-corrected chi connectivity index (χ0v) is 11.4. The maximum Gasteiger partial charge on any atom is 0.278 e. The Morgan fingerprint density at radius 3 is 2.68 bits per heavy atom. The Labute approximate surface area is 110 Å². The molecule has 2 rings (SSSR count). The summed E-state index contributed by atoms with van der Waals surface area (Å²) in [7, 11) is -3.77. The Morgan fingerprint density at radius 2 is 2.11 bits per heavy atom. The minimum atomic E-state index is -3.77. The number of nitrogens with zero attached hydrogens (tertiary/aromatic N) is 1. The normalized spacial score (nSPS) is 11.5. The highest BCUT2D eigenvalue weighted by Crippen LogP contribution is 2.17. The lowest BCUT2D eigenvalue weighted by Gasteiger charge is -2.07. The molecule has 1 heterocycles. The third kappa shape index (κ3) is 3.11. The summed E-state index contributed by atoms with van der Waals surface area (Å²) in [5, 5.41) is -0.0359. The molecule has 0 aliphatic rings. The molecule has 0 atom stereocenters. The van der Waals surface area contributed by atoms with E-state index in [0.717, 1.165) is 6.07 Å². The summed E-state index contributed by atoms with van der Waals surface area (Å²) in [6.07, 6.45) is 1.85. The van der Waals surface area contributed by atoms with Crippen molar-refractivity contribution in [1.82, 2.24) is 9.97 Å². The first-order valence-corrected chi connectivity index (χ1v) is 7.23. The predicted octanol–water partition coefficient (Wildman–Crippen LogP) is 2.22. The average Bonchev–Trinajstić information content (AvgIpc) is 2.75. The molecule has 0 saturated heterocycles. The van der Waals surface area contributed by atoms with E-state index in [4.69, 9.17) is 0 Å². The Hall–Kier alpha value is -1.89. The second-order valence-electron chi connectivity index (χ2n) is 4.17. The first-order valence-electron chi connectivity index (χ1n) is 5.74. The maximum absolute atomic E-state index is 13.2. The maximum atomic E-state index is 13.2. The lowest BCUT2D eigenvalue weighted by atomic mass is 10.2. The van der Waals surface area contributed by atoms with Crippen LogP contribution in [0.2, 0.25) is 0 Å². The summed E-state index contributed by atoms with van der Waals surface area (Å²) in [6, 6.07) is 4.00. The topological polar surface area (TPSA) is 74.8 Å². The van der Waals surface area contributed by atoms with Crippen LogP contribution >= 0.6 is 0 Å². The van der Waals surface area contributed by atoms with Gasteiger partial charge in [-0.2, -0.15) is 8.42 Å². The van der Waals surface area contributed by atoms with Crippen LogP contribution in [0.15, 0.2) is 29.4 Å². The van der Waals surface area contributed by atoms with Crippen molar-refractivity contribution in [2.75, 3.05) is 4.72 Å². The van der Waals surface area contributed by atoms with Gasteiger partial charge in [-0.25, -0.2) is 9.37 Å². The number of benzene rings is 1. The van der Waals surface area contributed by atoms with Crippen molar-refractivity contribution in [1.29, 1.82) is 0 Å². The van der Waals surface area contributed by atoms with Crippen molar-refractivity contribution < 1.29 is 12.8 Å². The van der Waals surface area contributed by atoms with Crippen molar-refractivity contribution >= 4 is 15.7 Å². The van der Waals surface area contributed by atoms with Crippen LogP contribution in [0.25, 0.3) is 0 Å². The SMILES string of the molecule is CCc1ncc(S(=O)(=O)Nc2cc(C)cc(F)c2)[nH]1. The monoisotopic (exact) mass is 283 g/mol. The van der Waals surface area contributed by atoms with Gasteiger partial charge in [0, 0.05) is 6.42 Å². The van der Waals surface area contributed by atoms with Crippen LogP contribution in [0.4, 0.5) is 10.1 Å². The largest absolute Gasteiger partial charge is 0.332 e. The average molecular weight is 283 g/mol. The first-order chi connectivity index (χ1) is 8.90. The van der Waals surface area contributed by atoms with Crippen LogP contribution in [-0.2, 0) is 16.4 Å². The highest BCUT2D eigenvalue weighted by molar-refractivity contribution is 7.92. The summed E-state index contributed by atoms with van der Waals surface area (Å²) in [5.74, 6) is 0.0901. The smallest absolute Gasteiger partial charge is 0.278 e. The molecule has 5 nitrogen and oxygen atoms in total. The molecule has 0 spiro atoms. The molecule has 0 bridgehead atoms. The molecule has 1 aromatic heterocycles. The standard InChI is InChI=1S/C12H14FN3O2S/c1-3-11-14-7-12(15-11)19(17,18)16-10-5-8(2)4-9(13)6-10/h4-7,16H,3H2,1-2H3,(H,14,15). The van der Waals surface area contributed by atoms with Crippen molar-refractivity contribution in [2.24, 2.45) is 0 Å². The first kappa shape index (κ1) is 13.5. The third-order valence-corrected chi connectivity index (χ3v) is 3.81. The van der Waals surface area contributed by atoms with Gasteiger partial charge in [-0.15, -0.1) is 0 Å². The van der Waals surface area contributed by atoms with Gasteiger partial charge in [-0.1, -0.05) is 6.92 Å². The van der Waals surface area contributed by atoms with E-state index < -0.39 is 15.8 Å². The lowest BCUT2D eigenvalue weighted by molar-refractivity contribution is 0.598. The number of halogens is 1. The van der Waals surface area contributed by atoms with Crippen LogP contribution in [0.5, 0.6) is 0 Å². The highest BCUT2D eigenvalue weighted by Gasteiger charge is 2.17. The molecule has 102 valence electrons. The van der Waals surface area contributed by atoms with Crippen LogP contribution in [0, 0.1) is 12.7 Å². The zero-order chi connectivity index (χ0) is 14.0. The van der Waals surface area contributed by atoms with E-state index in [1.165, 1.54) is 12.3 Å². The highest BCUT2D eigenvalue weighted by atomic mass is 32.2. The number of rotatable bonds is 4. The number of H-pyrrole nitrogens is 1. The Kier molecular flexibility index (Phi) is 3.57. The number of aromatic amines is 1. The van der Waals surface area contributed by atoms with Crippen LogP contribution < -0.4 is 4.72 Å². The van der Waals surface area contributed by atoms with E-state index in [-0.39, 0.29) is 10.7 Å². The second-order valence-corrected chi connectivity index (χ2v) is 5.82. The summed E-state index contributed by atoms with van der Waals surface area (Å²) >= 11 is 0. The van der Waals surface area contributed by atoms with Gasteiger partial charge in [0.2, 0.25) is 0 Å².